The standard InChI is InChI=1S/C10H16N4O4/c1-14-4-3-11-8(14)6-12-10(18)13-7(2-5-15)9(16)17/h3-4,7,15H,2,5-6H2,1H3,(H,16,17)(H2,12,13,18)/t7-/m1/s1. The SMILES string of the molecule is Cn1ccnc1CNC(=O)N[C@H](CCO)C(=O)O. The van der Waals surface area contributed by atoms with E-state index < -0.39 is 18.0 Å². The van der Waals surface area contributed by atoms with Crippen LogP contribution in [0, 0.1) is 0 Å². The lowest BCUT2D eigenvalue weighted by Crippen LogP contribution is -2.46. The van der Waals surface area contributed by atoms with Gasteiger partial charge in [-0.05, 0) is 0 Å². The molecule has 0 spiro atoms. The van der Waals surface area contributed by atoms with Gasteiger partial charge in [0, 0.05) is 32.5 Å². The second-order valence-electron chi connectivity index (χ2n) is 3.68. The van der Waals surface area contributed by atoms with Crippen molar-refractivity contribution in [3.8, 4) is 0 Å². The molecule has 1 heterocycles. The van der Waals surface area contributed by atoms with Crippen LogP contribution in [0.4, 0.5) is 4.79 Å². The molecule has 100 valence electrons. The summed E-state index contributed by atoms with van der Waals surface area (Å²) in [6.07, 6.45) is 3.30. The summed E-state index contributed by atoms with van der Waals surface area (Å²) in [5.74, 6) is -0.532. The van der Waals surface area contributed by atoms with Crippen molar-refractivity contribution < 1.29 is 19.8 Å². The Morgan fingerprint density at radius 1 is 1.56 bits per heavy atom. The van der Waals surface area contributed by atoms with Crippen LogP contribution in [0.1, 0.15) is 12.2 Å². The predicted molar refractivity (Wildman–Crippen MR) is 61.7 cm³/mol. The number of carboxylic acids is 1. The Balaban J connectivity index is 2.41. The van der Waals surface area contributed by atoms with Gasteiger partial charge < -0.3 is 25.4 Å². The molecule has 0 radical (unpaired) electrons. The predicted octanol–water partition coefficient (Wildman–Crippen LogP) is -0.945. The molecule has 0 aliphatic rings. The first-order valence-electron chi connectivity index (χ1n) is 5.38. The van der Waals surface area contributed by atoms with E-state index in [1.54, 1.807) is 24.0 Å². The van der Waals surface area contributed by atoms with Crippen LogP contribution in [0.15, 0.2) is 12.4 Å². The Morgan fingerprint density at radius 2 is 2.28 bits per heavy atom. The Kier molecular flexibility index (Phi) is 5.12. The first-order valence-corrected chi connectivity index (χ1v) is 5.38. The maximum Gasteiger partial charge on any atom is 0.326 e. The number of aliphatic carboxylic acids is 1. The van der Waals surface area contributed by atoms with E-state index in [9.17, 15) is 9.59 Å². The molecule has 18 heavy (non-hydrogen) atoms. The van der Waals surface area contributed by atoms with Crippen molar-refractivity contribution in [3.63, 3.8) is 0 Å². The smallest absolute Gasteiger partial charge is 0.326 e. The van der Waals surface area contributed by atoms with Crippen LogP contribution in [0.2, 0.25) is 0 Å². The number of nitrogens with one attached hydrogen (secondary N) is 2. The van der Waals surface area contributed by atoms with Gasteiger partial charge in [0.05, 0.1) is 6.54 Å². The molecule has 0 bridgehead atoms. The topological polar surface area (TPSA) is 116 Å². The molecule has 2 amide bonds. The van der Waals surface area contributed by atoms with Gasteiger partial charge in [-0.25, -0.2) is 14.6 Å². The van der Waals surface area contributed by atoms with Crippen molar-refractivity contribution in [3.05, 3.63) is 18.2 Å². The molecule has 0 aliphatic heterocycles. The molecule has 8 nitrogen and oxygen atoms in total. The Morgan fingerprint density at radius 3 is 2.78 bits per heavy atom. The number of urea groups is 1. The van der Waals surface area contributed by atoms with E-state index in [1.807, 2.05) is 0 Å². The molecular formula is C10H16N4O4. The number of nitrogens with zero attached hydrogens (tertiary/aromatic N) is 2. The van der Waals surface area contributed by atoms with Crippen molar-refractivity contribution in [2.45, 2.75) is 19.0 Å². The van der Waals surface area contributed by atoms with Crippen LogP contribution >= 0.6 is 0 Å². The van der Waals surface area contributed by atoms with Crippen LogP contribution < -0.4 is 10.6 Å². The Hall–Kier alpha value is -2.09. The normalized spacial score (nSPS) is 11.9. The minimum absolute atomic E-state index is 0.0365. The van der Waals surface area contributed by atoms with Gasteiger partial charge in [-0.3, -0.25) is 0 Å². The number of amides is 2. The van der Waals surface area contributed by atoms with Gasteiger partial charge in [0.2, 0.25) is 0 Å². The van der Waals surface area contributed by atoms with E-state index in [0.717, 1.165) is 0 Å². The lowest BCUT2D eigenvalue weighted by Gasteiger charge is -2.13. The maximum absolute atomic E-state index is 11.4. The van der Waals surface area contributed by atoms with Crippen LogP contribution in [-0.4, -0.2) is 44.4 Å². The van der Waals surface area contributed by atoms with Crippen molar-refractivity contribution in [1.29, 1.82) is 0 Å². The van der Waals surface area contributed by atoms with Crippen molar-refractivity contribution in [2.24, 2.45) is 7.05 Å². The van der Waals surface area contributed by atoms with Crippen LogP contribution in [0.3, 0.4) is 0 Å². The molecule has 4 N–H and O–H groups in total. The number of hydrogen-bond acceptors (Lipinski definition) is 4. The zero-order valence-corrected chi connectivity index (χ0v) is 9.96. The number of carbonyl (C=O) groups is 2. The average molecular weight is 256 g/mol. The second-order valence-corrected chi connectivity index (χ2v) is 3.68. The van der Waals surface area contributed by atoms with Gasteiger partial charge in [0.25, 0.3) is 0 Å². The quantitative estimate of drug-likeness (QED) is 0.524. The molecule has 1 aromatic rings. The summed E-state index contributed by atoms with van der Waals surface area (Å²) in [6.45, 7) is -0.114. The third kappa shape index (κ3) is 4.06. The van der Waals surface area contributed by atoms with E-state index in [1.165, 1.54) is 0 Å². The van der Waals surface area contributed by atoms with E-state index >= 15 is 0 Å². The highest BCUT2D eigenvalue weighted by Crippen LogP contribution is 1.94. The molecule has 0 unspecified atom stereocenters. The zero-order chi connectivity index (χ0) is 13.5. The number of aryl methyl sites for hydroxylation is 1. The minimum atomic E-state index is -1.18. The third-order valence-electron chi connectivity index (χ3n) is 2.35. The largest absolute Gasteiger partial charge is 0.480 e. The molecule has 0 saturated heterocycles. The molecule has 0 aromatic carbocycles. The summed E-state index contributed by atoms with van der Waals surface area (Å²) in [6, 6.07) is -1.71. The lowest BCUT2D eigenvalue weighted by molar-refractivity contribution is -0.139. The third-order valence-corrected chi connectivity index (χ3v) is 2.35. The summed E-state index contributed by atoms with van der Waals surface area (Å²) in [5.41, 5.74) is 0. The van der Waals surface area contributed by atoms with Gasteiger partial charge >= 0.3 is 12.0 Å². The lowest BCUT2D eigenvalue weighted by atomic mass is 10.2. The molecular weight excluding hydrogens is 240 g/mol. The Bertz CT molecular complexity index is 418. The average Bonchev–Trinajstić information content (AvgIpc) is 2.71. The number of aliphatic hydroxyl groups excluding tert-OH is 1. The second kappa shape index (κ2) is 6.60. The van der Waals surface area contributed by atoms with Gasteiger partial charge in [0.1, 0.15) is 11.9 Å². The van der Waals surface area contributed by atoms with E-state index in [0.29, 0.717) is 5.82 Å². The van der Waals surface area contributed by atoms with E-state index in [2.05, 4.69) is 15.6 Å². The zero-order valence-electron chi connectivity index (χ0n) is 9.96. The van der Waals surface area contributed by atoms with Gasteiger partial charge in [0.15, 0.2) is 0 Å². The summed E-state index contributed by atoms with van der Waals surface area (Å²) in [4.78, 5) is 26.2. The number of carboxylic acid groups (broad SMARTS) is 1. The van der Waals surface area contributed by atoms with Gasteiger partial charge in [-0.15, -0.1) is 0 Å². The minimum Gasteiger partial charge on any atom is -0.480 e. The van der Waals surface area contributed by atoms with Crippen molar-refractivity contribution >= 4 is 12.0 Å². The Labute approximate surface area is 104 Å². The fourth-order valence-corrected chi connectivity index (χ4v) is 1.32. The first-order chi connectivity index (χ1) is 8.54. The fourth-order valence-electron chi connectivity index (χ4n) is 1.32. The highest BCUT2D eigenvalue weighted by molar-refractivity contribution is 5.82. The highest BCUT2D eigenvalue weighted by Gasteiger charge is 2.18. The van der Waals surface area contributed by atoms with Crippen LogP contribution in [-0.2, 0) is 18.4 Å². The first kappa shape index (κ1) is 14.0. The molecule has 0 saturated carbocycles. The van der Waals surface area contributed by atoms with Crippen molar-refractivity contribution in [2.75, 3.05) is 6.61 Å². The van der Waals surface area contributed by atoms with Gasteiger partial charge in [-0.1, -0.05) is 0 Å². The summed E-state index contributed by atoms with van der Waals surface area (Å²) < 4.78 is 1.74. The molecule has 1 atom stereocenters. The number of aromatic nitrogens is 2. The highest BCUT2D eigenvalue weighted by atomic mass is 16.4. The molecule has 1 aromatic heterocycles. The van der Waals surface area contributed by atoms with Crippen LogP contribution in [0.5, 0.6) is 0 Å². The number of carbonyl (C=O) groups excluding carboxylic acids is 1. The molecule has 8 heteroatoms. The van der Waals surface area contributed by atoms with E-state index in [-0.39, 0.29) is 19.6 Å². The fraction of sp³-hybridized carbons (Fsp3) is 0.500. The number of rotatable bonds is 6. The summed E-state index contributed by atoms with van der Waals surface area (Å²) in [7, 11) is 1.79. The number of hydrogen-bond donors (Lipinski definition) is 4. The maximum atomic E-state index is 11.4. The number of imidazole rings is 1. The monoisotopic (exact) mass is 256 g/mol. The van der Waals surface area contributed by atoms with E-state index in [4.69, 9.17) is 10.2 Å². The molecule has 0 fully saturated rings. The molecule has 1 rings (SSSR count). The van der Waals surface area contributed by atoms with Gasteiger partial charge in [-0.2, -0.15) is 0 Å². The number of aliphatic hydroxyl groups is 1. The van der Waals surface area contributed by atoms with Crippen LogP contribution in [0.25, 0.3) is 0 Å². The van der Waals surface area contributed by atoms with Crippen molar-refractivity contribution in [1.82, 2.24) is 20.2 Å². The summed E-state index contributed by atoms with van der Waals surface area (Å²) >= 11 is 0. The summed E-state index contributed by atoms with van der Waals surface area (Å²) in [5, 5.41) is 22.2. The molecule has 0 aliphatic carbocycles.